The van der Waals surface area contributed by atoms with Crippen molar-refractivity contribution in [3.63, 3.8) is 0 Å². The number of nitrogens with two attached hydrogens (primary N) is 1. The van der Waals surface area contributed by atoms with Crippen LogP contribution in [0.4, 0.5) is 0 Å². The predicted molar refractivity (Wildman–Crippen MR) is 75.6 cm³/mol. The molecule has 2 N–H and O–H groups in total. The third kappa shape index (κ3) is 2.45. The fourth-order valence-corrected chi connectivity index (χ4v) is 4.22. The maximum atomic E-state index is 6.27. The summed E-state index contributed by atoms with van der Waals surface area (Å²) >= 11 is 0. The third-order valence-electron chi connectivity index (χ3n) is 5.29. The standard InChI is InChI=1S/C15H30N2O/c1-3-13-7-5-6-8-15(13,12-16)17-9-10-18-11-14(17)4-2/h13-14H,3-12,16H2,1-2H3. The fourth-order valence-electron chi connectivity index (χ4n) is 4.22. The van der Waals surface area contributed by atoms with Crippen molar-refractivity contribution in [2.45, 2.75) is 64.0 Å². The van der Waals surface area contributed by atoms with Crippen molar-refractivity contribution in [3.8, 4) is 0 Å². The lowest BCUT2D eigenvalue weighted by atomic mass is 9.69. The van der Waals surface area contributed by atoms with Crippen LogP contribution in [0, 0.1) is 5.92 Å². The molecule has 0 spiro atoms. The first kappa shape index (κ1) is 14.3. The molecule has 0 amide bonds. The molecular weight excluding hydrogens is 224 g/mol. The summed E-state index contributed by atoms with van der Waals surface area (Å²) in [6.45, 7) is 8.29. The summed E-state index contributed by atoms with van der Waals surface area (Å²) in [5.41, 5.74) is 6.53. The van der Waals surface area contributed by atoms with Crippen molar-refractivity contribution in [2.75, 3.05) is 26.3 Å². The van der Waals surface area contributed by atoms with Gasteiger partial charge in [0.15, 0.2) is 0 Å². The number of hydrogen-bond donors (Lipinski definition) is 1. The van der Waals surface area contributed by atoms with E-state index >= 15 is 0 Å². The van der Waals surface area contributed by atoms with E-state index in [0.29, 0.717) is 6.04 Å². The maximum absolute atomic E-state index is 6.27. The Balaban J connectivity index is 2.22. The van der Waals surface area contributed by atoms with E-state index < -0.39 is 0 Å². The highest BCUT2D eigenvalue weighted by Crippen LogP contribution is 2.41. The zero-order chi connectivity index (χ0) is 13.0. The average Bonchev–Trinajstić information content (AvgIpc) is 2.46. The molecule has 2 fully saturated rings. The van der Waals surface area contributed by atoms with Gasteiger partial charge in [-0.05, 0) is 25.2 Å². The van der Waals surface area contributed by atoms with Crippen LogP contribution in [0.25, 0.3) is 0 Å². The number of rotatable bonds is 4. The Labute approximate surface area is 112 Å². The lowest BCUT2D eigenvalue weighted by Crippen LogP contribution is -2.65. The molecule has 0 aromatic carbocycles. The molecule has 1 aliphatic carbocycles. The highest BCUT2D eigenvalue weighted by molar-refractivity contribution is 5.02. The van der Waals surface area contributed by atoms with Gasteiger partial charge < -0.3 is 10.5 Å². The first-order valence-corrected chi connectivity index (χ1v) is 7.83. The van der Waals surface area contributed by atoms with Crippen molar-refractivity contribution in [3.05, 3.63) is 0 Å². The summed E-state index contributed by atoms with van der Waals surface area (Å²) in [4.78, 5) is 2.73. The van der Waals surface area contributed by atoms with Gasteiger partial charge in [0, 0.05) is 24.7 Å². The van der Waals surface area contributed by atoms with E-state index in [0.717, 1.165) is 32.2 Å². The summed E-state index contributed by atoms with van der Waals surface area (Å²) in [5.74, 6) is 0.781. The Kier molecular flexibility index (Phi) is 5.05. The molecule has 18 heavy (non-hydrogen) atoms. The van der Waals surface area contributed by atoms with Crippen LogP contribution in [-0.2, 0) is 4.74 Å². The SMILES string of the molecule is CCC1COCCN1C1(CN)CCCCC1CC. The molecule has 3 nitrogen and oxygen atoms in total. The van der Waals surface area contributed by atoms with Crippen molar-refractivity contribution in [2.24, 2.45) is 11.7 Å². The van der Waals surface area contributed by atoms with Gasteiger partial charge in [-0.3, -0.25) is 4.90 Å². The van der Waals surface area contributed by atoms with Gasteiger partial charge >= 0.3 is 0 Å². The molecule has 0 radical (unpaired) electrons. The van der Waals surface area contributed by atoms with Gasteiger partial charge in [-0.15, -0.1) is 0 Å². The summed E-state index contributed by atoms with van der Waals surface area (Å²) < 4.78 is 5.67. The summed E-state index contributed by atoms with van der Waals surface area (Å²) in [5, 5.41) is 0. The van der Waals surface area contributed by atoms with Crippen molar-refractivity contribution < 1.29 is 4.74 Å². The minimum absolute atomic E-state index is 0.261. The quantitative estimate of drug-likeness (QED) is 0.837. The molecule has 106 valence electrons. The second kappa shape index (κ2) is 6.36. The van der Waals surface area contributed by atoms with E-state index in [1.165, 1.54) is 38.5 Å². The minimum Gasteiger partial charge on any atom is -0.378 e. The molecule has 3 unspecified atom stereocenters. The monoisotopic (exact) mass is 254 g/mol. The zero-order valence-electron chi connectivity index (χ0n) is 12.2. The van der Waals surface area contributed by atoms with Gasteiger partial charge in [0.2, 0.25) is 0 Å². The maximum Gasteiger partial charge on any atom is 0.0622 e. The van der Waals surface area contributed by atoms with Gasteiger partial charge in [0.1, 0.15) is 0 Å². The fraction of sp³-hybridized carbons (Fsp3) is 1.00. The first-order valence-electron chi connectivity index (χ1n) is 7.83. The Hall–Kier alpha value is -0.120. The number of nitrogens with zero attached hydrogens (tertiary/aromatic N) is 1. The third-order valence-corrected chi connectivity index (χ3v) is 5.29. The molecule has 1 aliphatic heterocycles. The van der Waals surface area contributed by atoms with Crippen LogP contribution in [0.3, 0.4) is 0 Å². The van der Waals surface area contributed by atoms with E-state index in [2.05, 4.69) is 18.7 Å². The molecular formula is C15H30N2O. The van der Waals surface area contributed by atoms with Crippen molar-refractivity contribution >= 4 is 0 Å². The minimum atomic E-state index is 0.261. The molecule has 0 aromatic heterocycles. The van der Waals surface area contributed by atoms with Gasteiger partial charge in [-0.1, -0.05) is 33.1 Å². The number of hydrogen-bond acceptors (Lipinski definition) is 3. The lowest BCUT2D eigenvalue weighted by Gasteiger charge is -2.55. The summed E-state index contributed by atoms with van der Waals surface area (Å²) in [6.07, 6.45) is 7.84. The van der Waals surface area contributed by atoms with Crippen LogP contribution in [0.1, 0.15) is 52.4 Å². The first-order chi connectivity index (χ1) is 8.78. The largest absolute Gasteiger partial charge is 0.378 e. The van der Waals surface area contributed by atoms with Gasteiger partial charge in [0.05, 0.1) is 13.2 Å². The highest BCUT2D eigenvalue weighted by Gasteiger charge is 2.46. The van der Waals surface area contributed by atoms with E-state index in [1.807, 2.05) is 0 Å². The molecule has 0 aromatic rings. The molecule has 1 saturated carbocycles. The average molecular weight is 254 g/mol. The van der Waals surface area contributed by atoms with Gasteiger partial charge in [-0.25, -0.2) is 0 Å². The van der Waals surface area contributed by atoms with Crippen molar-refractivity contribution in [1.29, 1.82) is 0 Å². The predicted octanol–water partition coefficient (Wildman–Crippen LogP) is 2.39. The molecule has 3 atom stereocenters. The smallest absolute Gasteiger partial charge is 0.0622 e. The highest BCUT2D eigenvalue weighted by atomic mass is 16.5. The van der Waals surface area contributed by atoms with E-state index in [4.69, 9.17) is 10.5 Å². The van der Waals surface area contributed by atoms with Gasteiger partial charge in [0.25, 0.3) is 0 Å². The Bertz CT molecular complexity index is 259. The van der Waals surface area contributed by atoms with E-state index in [9.17, 15) is 0 Å². The Morgan fingerprint density at radius 1 is 1.28 bits per heavy atom. The zero-order valence-corrected chi connectivity index (χ0v) is 12.2. The molecule has 3 heteroatoms. The second-order valence-corrected chi connectivity index (χ2v) is 5.99. The summed E-state index contributed by atoms with van der Waals surface area (Å²) in [7, 11) is 0. The number of morpholine rings is 1. The van der Waals surface area contributed by atoms with E-state index in [1.54, 1.807) is 0 Å². The van der Waals surface area contributed by atoms with E-state index in [-0.39, 0.29) is 5.54 Å². The molecule has 2 rings (SSSR count). The normalized spacial score (nSPS) is 38.8. The topological polar surface area (TPSA) is 38.5 Å². The van der Waals surface area contributed by atoms with Crippen molar-refractivity contribution in [1.82, 2.24) is 4.90 Å². The molecule has 0 bridgehead atoms. The molecule has 2 aliphatic rings. The second-order valence-electron chi connectivity index (χ2n) is 5.99. The summed E-state index contributed by atoms with van der Waals surface area (Å²) in [6, 6.07) is 0.578. The van der Waals surface area contributed by atoms with Crippen LogP contribution >= 0.6 is 0 Å². The molecule has 1 saturated heterocycles. The number of ether oxygens (including phenoxy) is 1. The van der Waals surface area contributed by atoms with Crippen LogP contribution in [0.15, 0.2) is 0 Å². The van der Waals surface area contributed by atoms with Crippen LogP contribution in [0.5, 0.6) is 0 Å². The van der Waals surface area contributed by atoms with Crippen LogP contribution in [-0.4, -0.2) is 42.8 Å². The van der Waals surface area contributed by atoms with Gasteiger partial charge in [-0.2, -0.15) is 0 Å². The van der Waals surface area contributed by atoms with Crippen LogP contribution < -0.4 is 5.73 Å². The Morgan fingerprint density at radius 2 is 2.11 bits per heavy atom. The van der Waals surface area contributed by atoms with Crippen LogP contribution in [0.2, 0.25) is 0 Å². The Morgan fingerprint density at radius 3 is 2.78 bits per heavy atom. The molecule has 1 heterocycles. The lowest BCUT2D eigenvalue weighted by molar-refractivity contribution is -0.0970.